The number of hydrogen-bond donors (Lipinski definition) is 3. The first kappa shape index (κ1) is 22.8. The summed E-state index contributed by atoms with van der Waals surface area (Å²) in [6.07, 6.45) is 2.05. The van der Waals surface area contributed by atoms with Gasteiger partial charge in [0, 0.05) is 13.1 Å². The molecule has 8 nitrogen and oxygen atoms in total. The second kappa shape index (κ2) is 11.1. The van der Waals surface area contributed by atoms with E-state index in [0.717, 1.165) is 12.5 Å². The summed E-state index contributed by atoms with van der Waals surface area (Å²) in [6, 6.07) is 0. The van der Waals surface area contributed by atoms with Crippen molar-refractivity contribution in [1.82, 2.24) is 4.90 Å². The largest absolute Gasteiger partial charge is 0.476 e. The van der Waals surface area contributed by atoms with Crippen molar-refractivity contribution in [3.63, 3.8) is 0 Å². The zero-order valence-electron chi connectivity index (χ0n) is 12.6. The van der Waals surface area contributed by atoms with Gasteiger partial charge in [-0.2, -0.15) is 0 Å². The van der Waals surface area contributed by atoms with Gasteiger partial charge in [0.25, 0.3) is 0 Å². The van der Waals surface area contributed by atoms with E-state index in [9.17, 15) is 18.8 Å². The Labute approximate surface area is 125 Å². The molecule has 0 aromatic carbocycles. The minimum atomic E-state index is -5.04. The number of hydrogen-bond acceptors (Lipinski definition) is 4. The third kappa shape index (κ3) is 12.9. The van der Waals surface area contributed by atoms with E-state index < -0.39 is 27.5 Å². The predicted octanol–water partition coefficient (Wildman–Crippen LogP) is 2.12. The molecule has 0 spiro atoms. The van der Waals surface area contributed by atoms with Crippen molar-refractivity contribution < 1.29 is 32.9 Å². The Morgan fingerprint density at radius 2 is 1.76 bits per heavy atom. The molecule has 0 aromatic rings. The number of rotatable bonds is 9. The quantitative estimate of drug-likeness (QED) is 0.432. The molecule has 1 atom stereocenters. The van der Waals surface area contributed by atoms with Crippen LogP contribution in [0.15, 0.2) is 12.7 Å². The Bertz CT molecular complexity index is 407. The van der Waals surface area contributed by atoms with Gasteiger partial charge in [-0.1, -0.05) is 33.8 Å². The van der Waals surface area contributed by atoms with Crippen LogP contribution in [0.25, 0.3) is 0 Å². The van der Waals surface area contributed by atoms with E-state index >= 15 is 0 Å². The standard InChI is InChI=1S/C9H19NO7P2.C2H6/c1-3-5-6-10(9(11)4-2)7-8-18(12,13)17-19(14,15)16;1-2/h4H,2-3,5-8H2,1H3,(H,12,13)(H2,14,15,16);1-2H3. The molecule has 1 amide bonds. The first-order valence-electron chi connectivity index (χ1n) is 6.61. The first-order chi connectivity index (χ1) is 9.61. The zero-order chi connectivity index (χ0) is 17.1. The van der Waals surface area contributed by atoms with Gasteiger partial charge >= 0.3 is 15.4 Å². The lowest BCUT2D eigenvalue weighted by Crippen LogP contribution is -2.33. The molecule has 0 saturated heterocycles. The van der Waals surface area contributed by atoms with Crippen molar-refractivity contribution in [2.75, 3.05) is 19.3 Å². The van der Waals surface area contributed by atoms with E-state index in [1.807, 2.05) is 20.8 Å². The molecule has 3 N–H and O–H groups in total. The van der Waals surface area contributed by atoms with Crippen molar-refractivity contribution in [1.29, 1.82) is 0 Å². The lowest BCUT2D eigenvalue weighted by Gasteiger charge is -2.22. The van der Waals surface area contributed by atoms with Crippen LogP contribution < -0.4 is 0 Å². The van der Waals surface area contributed by atoms with Crippen LogP contribution in [0.2, 0.25) is 0 Å². The molecule has 0 rings (SSSR count). The molecule has 0 bridgehead atoms. The highest BCUT2D eigenvalue weighted by Gasteiger charge is 2.31. The lowest BCUT2D eigenvalue weighted by molar-refractivity contribution is -0.125. The van der Waals surface area contributed by atoms with E-state index in [1.54, 1.807) is 0 Å². The molecular formula is C11H25NO7P2. The highest BCUT2D eigenvalue weighted by Crippen LogP contribution is 2.56. The second-order valence-corrected chi connectivity index (χ2v) is 7.17. The number of phosphoric acid groups is 1. The van der Waals surface area contributed by atoms with E-state index in [-0.39, 0.29) is 6.54 Å². The van der Waals surface area contributed by atoms with Gasteiger partial charge in [-0.3, -0.25) is 9.36 Å². The topological polar surface area (TPSA) is 124 Å². The molecule has 1 unspecified atom stereocenters. The Kier molecular flexibility index (Phi) is 12.1. The molecule has 21 heavy (non-hydrogen) atoms. The van der Waals surface area contributed by atoms with Gasteiger partial charge in [0.05, 0.1) is 6.16 Å². The van der Waals surface area contributed by atoms with E-state index in [4.69, 9.17) is 9.79 Å². The fraction of sp³-hybridized carbons (Fsp3) is 0.727. The third-order valence-corrected chi connectivity index (χ3v) is 4.79. The van der Waals surface area contributed by atoms with Gasteiger partial charge in [-0.05, 0) is 12.5 Å². The Hall–Kier alpha value is -0.490. The van der Waals surface area contributed by atoms with Gasteiger partial charge < -0.3 is 19.6 Å². The summed E-state index contributed by atoms with van der Waals surface area (Å²) in [4.78, 5) is 38.9. The summed E-state index contributed by atoms with van der Waals surface area (Å²) in [5.41, 5.74) is 0. The van der Waals surface area contributed by atoms with Crippen LogP contribution in [0.4, 0.5) is 0 Å². The van der Waals surface area contributed by atoms with Crippen molar-refractivity contribution >= 4 is 21.3 Å². The minimum Gasteiger partial charge on any atom is -0.339 e. The highest BCUT2D eigenvalue weighted by atomic mass is 31.3. The van der Waals surface area contributed by atoms with Gasteiger partial charge in [0.2, 0.25) is 5.91 Å². The van der Waals surface area contributed by atoms with Crippen LogP contribution >= 0.6 is 15.4 Å². The normalized spacial score (nSPS) is 13.6. The van der Waals surface area contributed by atoms with Gasteiger partial charge in [-0.15, -0.1) is 0 Å². The number of nitrogens with zero attached hydrogens (tertiary/aromatic N) is 1. The van der Waals surface area contributed by atoms with Crippen LogP contribution in [0.1, 0.15) is 33.6 Å². The summed E-state index contributed by atoms with van der Waals surface area (Å²) in [6.45, 7) is 9.47. The Morgan fingerprint density at radius 3 is 2.14 bits per heavy atom. The van der Waals surface area contributed by atoms with E-state index in [1.165, 1.54) is 4.90 Å². The van der Waals surface area contributed by atoms with Crippen LogP contribution in [-0.2, 0) is 18.2 Å². The van der Waals surface area contributed by atoms with Crippen molar-refractivity contribution in [3.05, 3.63) is 12.7 Å². The van der Waals surface area contributed by atoms with Gasteiger partial charge in [0.1, 0.15) is 0 Å². The Morgan fingerprint density at radius 1 is 1.24 bits per heavy atom. The lowest BCUT2D eigenvalue weighted by atomic mass is 10.3. The van der Waals surface area contributed by atoms with Crippen molar-refractivity contribution in [2.24, 2.45) is 0 Å². The van der Waals surface area contributed by atoms with Crippen molar-refractivity contribution in [3.8, 4) is 0 Å². The maximum absolute atomic E-state index is 11.5. The van der Waals surface area contributed by atoms with Gasteiger partial charge in [0.15, 0.2) is 0 Å². The average molecular weight is 345 g/mol. The maximum atomic E-state index is 11.5. The minimum absolute atomic E-state index is 0.140. The molecule has 0 aliphatic heterocycles. The molecule has 0 aliphatic carbocycles. The molecule has 10 heteroatoms. The molecule has 0 saturated carbocycles. The Balaban J connectivity index is 0. The van der Waals surface area contributed by atoms with Crippen molar-refractivity contribution in [2.45, 2.75) is 33.6 Å². The molecule has 0 aromatic heterocycles. The van der Waals surface area contributed by atoms with Crippen LogP contribution in [-0.4, -0.2) is 44.7 Å². The third-order valence-electron chi connectivity index (χ3n) is 2.15. The fourth-order valence-corrected chi connectivity index (χ4v) is 3.41. The van der Waals surface area contributed by atoms with E-state index in [0.29, 0.717) is 13.0 Å². The molecule has 126 valence electrons. The molecule has 0 radical (unpaired) electrons. The molecule has 0 heterocycles. The zero-order valence-corrected chi connectivity index (χ0v) is 14.4. The second-order valence-electron chi connectivity index (χ2n) is 3.82. The number of unbranched alkanes of at least 4 members (excludes halogenated alkanes) is 1. The molecule has 0 aliphatic rings. The maximum Gasteiger partial charge on any atom is 0.476 e. The van der Waals surface area contributed by atoms with Gasteiger partial charge in [-0.25, -0.2) is 8.88 Å². The monoisotopic (exact) mass is 345 g/mol. The SMILES string of the molecule is C=CC(=O)N(CCCC)CCP(=O)(O)OP(=O)(O)O.CC. The van der Waals surface area contributed by atoms with Crippen LogP contribution in [0.5, 0.6) is 0 Å². The summed E-state index contributed by atoms with van der Waals surface area (Å²) in [5, 5.41) is 0. The highest BCUT2D eigenvalue weighted by molar-refractivity contribution is 7.63. The van der Waals surface area contributed by atoms with E-state index in [2.05, 4.69) is 10.9 Å². The van der Waals surface area contributed by atoms with Crippen LogP contribution in [0, 0.1) is 0 Å². The number of carbonyl (C=O) groups excluding carboxylic acids is 1. The summed E-state index contributed by atoms with van der Waals surface area (Å²) in [5.74, 6) is -0.412. The smallest absolute Gasteiger partial charge is 0.339 e. The average Bonchev–Trinajstić information content (AvgIpc) is 2.37. The van der Waals surface area contributed by atoms with Crippen LogP contribution in [0.3, 0.4) is 0 Å². The number of amides is 1. The molecular weight excluding hydrogens is 320 g/mol. The fourth-order valence-electron chi connectivity index (χ4n) is 1.26. The summed E-state index contributed by atoms with van der Waals surface area (Å²) >= 11 is 0. The number of carbonyl (C=O) groups is 1. The predicted molar refractivity (Wildman–Crippen MR) is 80.9 cm³/mol. The summed E-state index contributed by atoms with van der Waals surface area (Å²) in [7, 11) is -9.48. The summed E-state index contributed by atoms with van der Waals surface area (Å²) < 4.78 is 25.7. The first-order valence-corrected chi connectivity index (χ1v) is 9.90. The molecule has 0 fully saturated rings.